The summed E-state index contributed by atoms with van der Waals surface area (Å²) < 4.78 is 51.3. The second kappa shape index (κ2) is 7.79. The van der Waals surface area contributed by atoms with Crippen LogP contribution >= 0.6 is 0 Å². The highest BCUT2D eigenvalue weighted by Gasteiger charge is 2.38. The quantitative estimate of drug-likeness (QED) is 0.697. The Kier molecular flexibility index (Phi) is 5.43. The number of carbonyl (C=O) groups is 1. The smallest absolute Gasteiger partial charge is 0.449 e. The minimum Gasteiger partial charge on any atom is -0.493 e. The Morgan fingerprint density at radius 3 is 2.54 bits per heavy atom. The molecule has 1 N–H and O–H groups in total. The van der Waals surface area contributed by atoms with Gasteiger partial charge < -0.3 is 19.4 Å². The van der Waals surface area contributed by atoms with E-state index in [9.17, 15) is 18.0 Å². The molecule has 0 bridgehead atoms. The molecule has 0 fully saturated rings. The van der Waals surface area contributed by atoms with Crippen molar-refractivity contribution in [1.29, 1.82) is 0 Å². The topological polar surface area (TPSA) is 65.4 Å². The average Bonchev–Trinajstić information content (AvgIpc) is 3.05. The van der Waals surface area contributed by atoms with E-state index in [1.807, 2.05) is 0 Å². The van der Waals surface area contributed by atoms with Crippen LogP contribution in [0, 0.1) is 0 Å². The number of alkyl halides is 3. The van der Waals surface area contributed by atoms with Crippen LogP contribution in [-0.4, -0.2) is 29.7 Å². The second-order valence-corrected chi connectivity index (χ2v) is 5.94. The van der Waals surface area contributed by atoms with Crippen LogP contribution in [0.5, 0.6) is 11.5 Å². The first kappa shape index (κ1) is 19.5. The van der Waals surface area contributed by atoms with E-state index in [-0.39, 0.29) is 17.6 Å². The second-order valence-electron chi connectivity index (χ2n) is 5.94. The number of hydrogen-bond donors (Lipinski definition) is 1. The summed E-state index contributed by atoms with van der Waals surface area (Å²) in [5, 5.41) is 2.62. The fourth-order valence-corrected chi connectivity index (χ4v) is 2.94. The van der Waals surface area contributed by atoms with Gasteiger partial charge in [-0.05, 0) is 18.2 Å². The first-order valence-electron chi connectivity index (χ1n) is 8.34. The molecule has 0 saturated carbocycles. The van der Waals surface area contributed by atoms with Crippen LogP contribution in [0.4, 0.5) is 13.2 Å². The lowest BCUT2D eigenvalue weighted by molar-refractivity contribution is -0.147. The van der Waals surface area contributed by atoms with Gasteiger partial charge in [-0.1, -0.05) is 24.3 Å². The van der Waals surface area contributed by atoms with Crippen LogP contribution in [0.15, 0.2) is 42.5 Å². The maximum atomic E-state index is 13.3. The lowest BCUT2D eigenvalue weighted by atomic mass is 10.2. The number of nitrogens with one attached hydrogen (secondary N) is 1. The van der Waals surface area contributed by atoms with Crippen LogP contribution in [0.3, 0.4) is 0 Å². The molecule has 0 saturated heterocycles. The summed E-state index contributed by atoms with van der Waals surface area (Å²) in [6, 6.07) is 11.3. The van der Waals surface area contributed by atoms with Gasteiger partial charge in [-0.15, -0.1) is 0 Å². The molecule has 0 atom stereocenters. The molecule has 6 nitrogen and oxygen atoms in total. The largest absolute Gasteiger partial charge is 0.493 e. The molecule has 9 heteroatoms. The number of benzene rings is 2. The molecule has 148 valence electrons. The van der Waals surface area contributed by atoms with E-state index in [2.05, 4.69) is 10.3 Å². The predicted molar refractivity (Wildman–Crippen MR) is 96.1 cm³/mol. The van der Waals surface area contributed by atoms with Crippen LogP contribution in [-0.2, 0) is 24.1 Å². The number of rotatable bonds is 6. The van der Waals surface area contributed by atoms with E-state index >= 15 is 0 Å². The van der Waals surface area contributed by atoms with E-state index in [0.717, 1.165) is 4.57 Å². The fraction of sp³-hybridized carbons (Fsp3) is 0.263. The number of aromatic nitrogens is 2. The number of hydrogen-bond acceptors (Lipinski definition) is 4. The SMILES string of the molecule is COc1cccc(CNC(=O)Cn2c(C(F)(F)F)nc3ccccc32)c1OC. The summed E-state index contributed by atoms with van der Waals surface area (Å²) in [4.78, 5) is 16.0. The number of amides is 1. The zero-order chi connectivity index (χ0) is 20.3. The fourth-order valence-electron chi connectivity index (χ4n) is 2.94. The minimum atomic E-state index is -4.67. The molecule has 1 heterocycles. The summed E-state index contributed by atoms with van der Waals surface area (Å²) >= 11 is 0. The van der Waals surface area contributed by atoms with Crippen molar-refractivity contribution in [2.45, 2.75) is 19.3 Å². The minimum absolute atomic E-state index is 0.0766. The molecule has 1 amide bonds. The van der Waals surface area contributed by atoms with Gasteiger partial charge in [0.15, 0.2) is 11.5 Å². The number of imidazole rings is 1. The van der Waals surface area contributed by atoms with Gasteiger partial charge in [-0.25, -0.2) is 4.98 Å². The van der Waals surface area contributed by atoms with Crippen molar-refractivity contribution in [3.63, 3.8) is 0 Å². The highest BCUT2D eigenvalue weighted by atomic mass is 19.4. The summed E-state index contributed by atoms with van der Waals surface area (Å²) in [5.74, 6) is -0.745. The van der Waals surface area contributed by atoms with E-state index in [0.29, 0.717) is 17.1 Å². The van der Waals surface area contributed by atoms with Gasteiger partial charge in [-0.2, -0.15) is 13.2 Å². The third kappa shape index (κ3) is 3.88. The highest BCUT2D eigenvalue weighted by molar-refractivity contribution is 5.81. The Balaban J connectivity index is 1.81. The lowest BCUT2D eigenvalue weighted by Gasteiger charge is -2.14. The molecule has 0 radical (unpaired) electrons. The number of para-hydroxylation sites is 3. The molecule has 28 heavy (non-hydrogen) atoms. The number of ether oxygens (including phenoxy) is 2. The van der Waals surface area contributed by atoms with E-state index in [1.165, 1.54) is 26.4 Å². The molecule has 0 aliphatic rings. The molecular weight excluding hydrogens is 375 g/mol. The van der Waals surface area contributed by atoms with Crippen molar-refractivity contribution in [3.8, 4) is 11.5 Å². The van der Waals surface area contributed by atoms with Crippen molar-refractivity contribution < 1.29 is 27.4 Å². The Bertz CT molecular complexity index is 999. The molecule has 0 aliphatic heterocycles. The number of methoxy groups -OCH3 is 2. The summed E-state index contributed by atoms with van der Waals surface area (Å²) in [6.45, 7) is -0.436. The first-order valence-corrected chi connectivity index (χ1v) is 8.34. The van der Waals surface area contributed by atoms with Crippen molar-refractivity contribution in [3.05, 3.63) is 53.9 Å². The number of nitrogens with zero attached hydrogens (tertiary/aromatic N) is 2. The van der Waals surface area contributed by atoms with Crippen molar-refractivity contribution in [2.75, 3.05) is 14.2 Å². The molecule has 3 aromatic rings. The van der Waals surface area contributed by atoms with E-state index in [1.54, 1.807) is 30.3 Å². The van der Waals surface area contributed by atoms with E-state index in [4.69, 9.17) is 9.47 Å². The van der Waals surface area contributed by atoms with Gasteiger partial charge in [-0.3, -0.25) is 4.79 Å². The third-order valence-electron chi connectivity index (χ3n) is 4.17. The molecule has 3 rings (SSSR count). The summed E-state index contributed by atoms with van der Waals surface area (Å²) in [5.41, 5.74) is 1.06. The van der Waals surface area contributed by atoms with Crippen molar-refractivity contribution >= 4 is 16.9 Å². The Hall–Kier alpha value is -3.23. The van der Waals surface area contributed by atoms with Crippen molar-refractivity contribution in [2.24, 2.45) is 0 Å². The zero-order valence-electron chi connectivity index (χ0n) is 15.2. The van der Waals surface area contributed by atoms with Gasteiger partial charge >= 0.3 is 6.18 Å². The number of fused-ring (bicyclic) bond motifs is 1. The van der Waals surface area contributed by atoms with E-state index < -0.39 is 24.5 Å². The van der Waals surface area contributed by atoms with Gasteiger partial charge in [0.1, 0.15) is 6.54 Å². The molecule has 0 spiro atoms. The Morgan fingerprint density at radius 2 is 1.86 bits per heavy atom. The average molecular weight is 393 g/mol. The number of carbonyl (C=O) groups excluding carboxylic acids is 1. The van der Waals surface area contributed by atoms with Gasteiger partial charge in [0.05, 0.1) is 25.3 Å². The van der Waals surface area contributed by atoms with Crippen LogP contribution in [0.1, 0.15) is 11.4 Å². The predicted octanol–water partition coefficient (Wildman–Crippen LogP) is 3.39. The number of halogens is 3. The Labute approximate surface area is 158 Å². The molecular formula is C19H18F3N3O3. The first-order chi connectivity index (χ1) is 13.3. The standard InChI is InChI=1S/C19H18F3N3O3/c1-27-15-9-5-6-12(17(15)28-2)10-23-16(26)11-25-14-8-4-3-7-13(14)24-18(25)19(20,21)22/h3-9H,10-11H2,1-2H3,(H,23,26). The van der Waals surface area contributed by atoms with Gasteiger partial charge in [0, 0.05) is 12.1 Å². The maximum Gasteiger partial charge on any atom is 0.449 e. The lowest BCUT2D eigenvalue weighted by Crippen LogP contribution is -2.29. The zero-order valence-corrected chi connectivity index (χ0v) is 15.2. The molecule has 0 aliphatic carbocycles. The molecule has 0 unspecified atom stereocenters. The van der Waals surface area contributed by atoms with Gasteiger partial charge in [0.25, 0.3) is 0 Å². The maximum absolute atomic E-state index is 13.3. The third-order valence-corrected chi connectivity index (χ3v) is 4.17. The van der Waals surface area contributed by atoms with Crippen molar-refractivity contribution in [1.82, 2.24) is 14.9 Å². The van der Waals surface area contributed by atoms with Crippen LogP contribution < -0.4 is 14.8 Å². The molecule has 1 aromatic heterocycles. The Morgan fingerprint density at radius 1 is 1.11 bits per heavy atom. The van der Waals surface area contributed by atoms with Crippen LogP contribution in [0.25, 0.3) is 11.0 Å². The normalized spacial score (nSPS) is 11.5. The summed E-state index contributed by atoms with van der Waals surface area (Å²) in [6.07, 6.45) is -4.67. The molecule has 2 aromatic carbocycles. The highest BCUT2D eigenvalue weighted by Crippen LogP contribution is 2.32. The summed E-state index contributed by atoms with van der Waals surface area (Å²) in [7, 11) is 2.96. The monoisotopic (exact) mass is 393 g/mol. The van der Waals surface area contributed by atoms with Gasteiger partial charge in [0.2, 0.25) is 11.7 Å². The van der Waals surface area contributed by atoms with Crippen LogP contribution in [0.2, 0.25) is 0 Å².